The molecule has 0 saturated heterocycles. The molecule has 0 saturated carbocycles. The molecule has 1 rings (SSSR count). The first-order valence-corrected chi connectivity index (χ1v) is 5.49. The third-order valence-corrected chi connectivity index (χ3v) is 2.29. The first-order valence-electron chi connectivity index (χ1n) is 5.49. The molecule has 5 heteroatoms. The van der Waals surface area contributed by atoms with Crippen molar-refractivity contribution in [3.8, 4) is 0 Å². The zero-order valence-electron chi connectivity index (χ0n) is 10.7. The summed E-state index contributed by atoms with van der Waals surface area (Å²) in [6.45, 7) is 6.38. The SMILES string of the molecule is CC(C(=O)OC(C)(C)C)c1ccc(F)c(F)c1F. The van der Waals surface area contributed by atoms with E-state index in [0.717, 1.165) is 12.1 Å². The summed E-state index contributed by atoms with van der Waals surface area (Å²) in [4.78, 5) is 11.7. The molecule has 0 aromatic heterocycles. The number of rotatable bonds is 2. The van der Waals surface area contributed by atoms with Crippen LogP contribution in [0.2, 0.25) is 0 Å². The molecular formula is C13H15F3O2. The first-order chi connectivity index (χ1) is 8.13. The molecule has 2 nitrogen and oxygen atoms in total. The molecule has 1 unspecified atom stereocenters. The van der Waals surface area contributed by atoms with E-state index in [0.29, 0.717) is 0 Å². The molecule has 1 aromatic rings. The minimum absolute atomic E-state index is 0.219. The molecule has 0 amide bonds. The summed E-state index contributed by atoms with van der Waals surface area (Å²) < 4.78 is 44.4. The van der Waals surface area contributed by atoms with Crippen molar-refractivity contribution in [2.45, 2.75) is 39.2 Å². The van der Waals surface area contributed by atoms with Crippen LogP contribution in [0.1, 0.15) is 39.2 Å². The zero-order valence-corrected chi connectivity index (χ0v) is 10.7. The Bertz CT molecular complexity index is 464. The Morgan fingerprint density at radius 3 is 2.22 bits per heavy atom. The quantitative estimate of drug-likeness (QED) is 0.600. The molecule has 1 atom stereocenters. The second kappa shape index (κ2) is 5.00. The highest BCUT2D eigenvalue weighted by Crippen LogP contribution is 2.25. The zero-order chi connectivity index (χ0) is 14.1. The van der Waals surface area contributed by atoms with Gasteiger partial charge in [-0.25, -0.2) is 13.2 Å². The van der Waals surface area contributed by atoms with Crippen LogP contribution in [0, 0.1) is 17.5 Å². The van der Waals surface area contributed by atoms with E-state index < -0.39 is 34.9 Å². The van der Waals surface area contributed by atoms with E-state index in [1.807, 2.05) is 0 Å². The van der Waals surface area contributed by atoms with Crippen LogP contribution in [0.5, 0.6) is 0 Å². The second-order valence-electron chi connectivity index (χ2n) is 5.02. The molecule has 0 N–H and O–H groups in total. The van der Waals surface area contributed by atoms with Gasteiger partial charge in [-0.15, -0.1) is 0 Å². The highest BCUT2D eigenvalue weighted by atomic mass is 19.2. The predicted molar refractivity (Wildman–Crippen MR) is 60.6 cm³/mol. The van der Waals surface area contributed by atoms with Gasteiger partial charge in [-0.1, -0.05) is 6.07 Å². The summed E-state index contributed by atoms with van der Waals surface area (Å²) in [6.07, 6.45) is 0. The highest BCUT2D eigenvalue weighted by molar-refractivity contribution is 5.78. The third-order valence-electron chi connectivity index (χ3n) is 2.29. The number of ether oxygens (including phenoxy) is 1. The third kappa shape index (κ3) is 3.24. The summed E-state index contributed by atoms with van der Waals surface area (Å²) in [7, 11) is 0. The van der Waals surface area contributed by atoms with Crippen molar-refractivity contribution in [1.82, 2.24) is 0 Å². The average molecular weight is 260 g/mol. The normalized spacial score (nSPS) is 13.3. The molecule has 0 spiro atoms. The molecule has 0 aliphatic heterocycles. The summed E-state index contributed by atoms with van der Waals surface area (Å²) in [6, 6.07) is 1.83. The first kappa shape index (κ1) is 14.5. The van der Waals surface area contributed by atoms with Crippen LogP contribution in [0.15, 0.2) is 12.1 Å². The Morgan fingerprint density at radius 2 is 1.72 bits per heavy atom. The van der Waals surface area contributed by atoms with E-state index in [-0.39, 0.29) is 5.56 Å². The molecule has 0 aliphatic carbocycles. The molecular weight excluding hydrogens is 245 g/mol. The van der Waals surface area contributed by atoms with Gasteiger partial charge in [0.05, 0.1) is 5.92 Å². The minimum atomic E-state index is -1.58. The van der Waals surface area contributed by atoms with Gasteiger partial charge in [0, 0.05) is 5.56 Å². The predicted octanol–water partition coefficient (Wildman–Crippen LogP) is 3.55. The van der Waals surface area contributed by atoms with Gasteiger partial charge in [0.1, 0.15) is 5.60 Å². The smallest absolute Gasteiger partial charge is 0.313 e. The second-order valence-corrected chi connectivity index (χ2v) is 5.02. The maximum Gasteiger partial charge on any atom is 0.313 e. The standard InChI is InChI=1S/C13H15F3O2/c1-7(12(17)18-13(2,3)4)8-5-6-9(14)11(16)10(8)15/h5-7H,1-4H3. The summed E-state index contributed by atoms with van der Waals surface area (Å²) in [5.74, 6) is -5.91. The van der Waals surface area contributed by atoms with Crippen LogP contribution in [0.4, 0.5) is 13.2 Å². The number of halogens is 3. The number of carbonyl (C=O) groups is 1. The fourth-order valence-corrected chi connectivity index (χ4v) is 1.39. The van der Waals surface area contributed by atoms with Gasteiger partial charge in [0.15, 0.2) is 17.5 Å². The number of hydrogen-bond acceptors (Lipinski definition) is 2. The lowest BCUT2D eigenvalue weighted by molar-refractivity contribution is -0.156. The molecule has 0 radical (unpaired) electrons. The number of hydrogen-bond donors (Lipinski definition) is 0. The summed E-state index contributed by atoms with van der Waals surface area (Å²) >= 11 is 0. The van der Waals surface area contributed by atoms with Gasteiger partial charge < -0.3 is 4.74 Å². The van der Waals surface area contributed by atoms with Gasteiger partial charge >= 0.3 is 5.97 Å². The van der Waals surface area contributed by atoms with E-state index in [2.05, 4.69) is 0 Å². The summed E-state index contributed by atoms with van der Waals surface area (Å²) in [5, 5.41) is 0. The van der Waals surface area contributed by atoms with Crippen LogP contribution >= 0.6 is 0 Å². The number of benzene rings is 1. The fraction of sp³-hybridized carbons (Fsp3) is 0.462. The molecule has 0 bridgehead atoms. The van der Waals surface area contributed by atoms with Gasteiger partial charge in [0.2, 0.25) is 0 Å². The Labute approximate surface area is 104 Å². The van der Waals surface area contributed by atoms with Gasteiger partial charge in [0.25, 0.3) is 0 Å². The number of esters is 1. The number of carbonyl (C=O) groups excluding carboxylic acids is 1. The van der Waals surface area contributed by atoms with Crippen molar-refractivity contribution in [2.75, 3.05) is 0 Å². The van der Waals surface area contributed by atoms with E-state index >= 15 is 0 Å². The lowest BCUT2D eigenvalue weighted by Crippen LogP contribution is -2.27. The average Bonchev–Trinajstić information content (AvgIpc) is 2.23. The maximum atomic E-state index is 13.5. The van der Waals surface area contributed by atoms with E-state index in [1.54, 1.807) is 20.8 Å². The Hall–Kier alpha value is -1.52. The molecule has 0 heterocycles. The Morgan fingerprint density at radius 1 is 1.17 bits per heavy atom. The van der Waals surface area contributed by atoms with Crippen LogP contribution in [-0.4, -0.2) is 11.6 Å². The fourth-order valence-electron chi connectivity index (χ4n) is 1.39. The maximum absolute atomic E-state index is 13.5. The van der Waals surface area contributed by atoms with Crippen LogP contribution < -0.4 is 0 Å². The molecule has 1 aromatic carbocycles. The van der Waals surface area contributed by atoms with Gasteiger partial charge in [-0.3, -0.25) is 4.79 Å². The van der Waals surface area contributed by atoms with Crippen molar-refractivity contribution >= 4 is 5.97 Å². The van der Waals surface area contributed by atoms with Crippen molar-refractivity contribution in [3.05, 3.63) is 35.1 Å². The van der Waals surface area contributed by atoms with Gasteiger partial charge in [-0.05, 0) is 33.8 Å². The van der Waals surface area contributed by atoms with E-state index in [9.17, 15) is 18.0 Å². The minimum Gasteiger partial charge on any atom is -0.460 e. The van der Waals surface area contributed by atoms with Crippen molar-refractivity contribution in [2.24, 2.45) is 0 Å². The van der Waals surface area contributed by atoms with Crippen molar-refractivity contribution < 1.29 is 22.7 Å². The van der Waals surface area contributed by atoms with E-state index in [4.69, 9.17) is 4.74 Å². The van der Waals surface area contributed by atoms with Gasteiger partial charge in [-0.2, -0.15) is 0 Å². The van der Waals surface area contributed by atoms with Crippen molar-refractivity contribution in [1.29, 1.82) is 0 Å². The lowest BCUT2D eigenvalue weighted by Gasteiger charge is -2.22. The molecule has 18 heavy (non-hydrogen) atoms. The van der Waals surface area contributed by atoms with Crippen molar-refractivity contribution in [3.63, 3.8) is 0 Å². The Kier molecular flexibility index (Phi) is 4.04. The van der Waals surface area contributed by atoms with Crippen LogP contribution in [0.3, 0.4) is 0 Å². The molecule has 0 aliphatic rings. The Balaban J connectivity index is 3.01. The lowest BCUT2D eigenvalue weighted by atomic mass is 10.00. The monoisotopic (exact) mass is 260 g/mol. The van der Waals surface area contributed by atoms with Crippen LogP contribution in [0.25, 0.3) is 0 Å². The summed E-state index contributed by atoms with van der Waals surface area (Å²) in [5.41, 5.74) is -0.941. The van der Waals surface area contributed by atoms with Crippen LogP contribution in [-0.2, 0) is 9.53 Å². The molecule has 100 valence electrons. The largest absolute Gasteiger partial charge is 0.460 e. The topological polar surface area (TPSA) is 26.3 Å². The van der Waals surface area contributed by atoms with E-state index in [1.165, 1.54) is 6.92 Å². The highest BCUT2D eigenvalue weighted by Gasteiger charge is 2.27. The molecule has 0 fully saturated rings.